The summed E-state index contributed by atoms with van der Waals surface area (Å²) in [5.41, 5.74) is 2.71. The van der Waals surface area contributed by atoms with E-state index in [-0.39, 0.29) is 48.3 Å². The quantitative estimate of drug-likeness (QED) is 0.522. The van der Waals surface area contributed by atoms with Gasteiger partial charge in [-0.2, -0.15) is 5.26 Å². The van der Waals surface area contributed by atoms with Crippen molar-refractivity contribution in [3.05, 3.63) is 70.7 Å². The van der Waals surface area contributed by atoms with Crippen LogP contribution in [0.4, 0.5) is 4.39 Å². The molecule has 0 bridgehead atoms. The molecular weight excluding hydrogens is 489 g/mol. The Balaban J connectivity index is 1.11. The molecule has 192 valence electrons. The molecule has 3 aliphatic heterocycles. The van der Waals surface area contributed by atoms with Crippen LogP contribution in [0.25, 0.3) is 10.9 Å². The lowest BCUT2D eigenvalue weighted by Gasteiger charge is -2.29. The first kappa shape index (κ1) is 24.0. The number of fused-ring (bicyclic) bond motifs is 2. The van der Waals surface area contributed by atoms with Crippen molar-refractivity contribution < 1.29 is 23.5 Å². The molecule has 2 fully saturated rings. The molecule has 2 saturated heterocycles. The Hall–Kier alpha value is -4.36. The van der Waals surface area contributed by atoms with Gasteiger partial charge in [-0.15, -0.1) is 0 Å². The molecule has 0 radical (unpaired) electrons. The molecule has 0 spiro atoms. The maximum absolute atomic E-state index is 15.4. The standard InChI is InChI=1S/C28H24FN5O4/c29-26-21-15-34(23-6-8-25(35)32-27(23)36)28(37)20(21)4-7-24(26)38-19-9-10-33(14-19)13-16-1-5-22-17(11-16)2-3-18(12-30)31-22/h1-5,7,11,19,23H,6,8-10,13-15H2,(H,32,35,36)/t19-,23?/m0/s1. The Morgan fingerprint density at radius 3 is 2.82 bits per heavy atom. The highest BCUT2D eigenvalue weighted by Crippen LogP contribution is 2.34. The van der Waals surface area contributed by atoms with E-state index < -0.39 is 23.7 Å². The molecule has 9 nitrogen and oxygen atoms in total. The van der Waals surface area contributed by atoms with Crippen LogP contribution in [0.3, 0.4) is 0 Å². The van der Waals surface area contributed by atoms with Crippen LogP contribution >= 0.6 is 0 Å². The average molecular weight is 514 g/mol. The molecule has 3 aliphatic rings. The van der Waals surface area contributed by atoms with Gasteiger partial charge in [0.1, 0.15) is 23.9 Å². The highest BCUT2D eigenvalue weighted by atomic mass is 19.1. The summed E-state index contributed by atoms with van der Waals surface area (Å²) in [7, 11) is 0. The van der Waals surface area contributed by atoms with Crippen LogP contribution in [0, 0.1) is 17.1 Å². The minimum Gasteiger partial charge on any atom is -0.486 e. The fraction of sp³-hybridized carbons (Fsp3) is 0.321. The first-order valence-electron chi connectivity index (χ1n) is 12.5. The van der Waals surface area contributed by atoms with Gasteiger partial charge in [0.25, 0.3) is 5.91 Å². The smallest absolute Gasteiger partial charge is 0.255 e. The Morgan fingerprint density at radius 2 is 2.00 bits per heavy atom. The van der Waals surface area contributed by atoms with Crippen molar-refractivity contribution in [3.63, 3.8) is 0 Å². The summed E-state index contributed by atoms with van der Waals surface area (Å²) in [6.45, 7) is 2.09. The molecule has 1 aromatic heterocycles. The number of nitrogens with zero attached hydrogens (tertiary/aromatic N) is 4. The lowest BCUT2D eigenvalue weighted by molar-refractivity contribution is -0.136. The Labute approximate surface area is 217 Å². The summed E-state index contributed by atoms with van der Waals surface area (Å²) in [5, 5.41) is 12.3. The predicted molar refractivity (Wildman–Crippen MR) is 133 cm³/mol. The number of pyridine rings is 1. The lowest BCUT2D eigenvalue weighted by atomic mass is 10.0. The number of ether oxygens (including phenoxy) is 1. The number of aromatic nitrogens is 1. The molecule has 38 heavy (non-hydrogen) atoms. The van der Waals surface area contributed by atoms with Crippen LogP contribution in [0.15, 0.2) is 42.5 Å². The van der Waals surface area contributed by atoms with Crippen molar-refractivity contribution >= 4 is 28.6 Å². The lowest BCUT2D eigenvalue weighted by Crippen LogP contribution is -2.52. The zero-order valence-corrected chi connectivity index (χ0v) is 20.4. The second-order valence-electron chi connectivity index (χ2n) is 9.90. The number of hydrogen-bond acceptors (Lipinski definition) is 7. The van der Waals surface area contributed by atoms with Crippen molar-refractivity contribution in [1.82, 2.24) is 20.1 Å². The summed E-state index contributed by atoms with van der Waals surface area (Å²) in [6, 6.07) is 13.9. The zero-order valence-electron chi connectivity index (χ0n) is 20.4. The van der Waals surface area contributed by atoms with Crippen LogP contribution in [0.2, 0.25) is 0 Å². The summed E-state index contributed by atoms with van der Waals surface area (Å²) in [6.07, 6.45) is 0.899. The monoisotopic (exact) mass is 513 g/mol. The average Bonchev–Trinajstić information content (AvgIpc) is 3.49. The maximum atomic E-state index is 15.4. The van der Waals surface area contributed by atoms with Crippen LogP contribution in [0.5, 0.6) is 5.75 Å². The first-order valence-corrected chi connectivity index (χ1v) is 12.5. The van der Waals surface area contributed by atoms with Gasteiger partial charge in [0, 0.05) is 42.6 Å². The van der Waals surface area contributed by atoms with E-state index in [0.29, 0.717) is 18.8 Å². The highest BCUT2D eigenvalue weighted by Gasteiger charge is 2.41. The number of carbonyl (C=O) groups excluding carboxylic acids is 3. The molecule has 4 heterocycles. The summed E-state index contributed by atoms with van der Waals surface area (Å²) in [5.74, 6) is -1.79. The number of likely N-dealkylation sites (tertiary alicyclic amines) is 1. The number of imide groups is 1. The fourth-order valence-electron chi connectivity index (χ4n) is 5.48. The Bertz CT molecular complexity index is 1530. The van der Waals surface area contributed by atoms with Crippen LogP contribution in [0.1, 0.15) is 46.4 Å². The van der Waals surface area contributed by atoms with Crippen molar-refractivity contribution in [2.75, 3.05) is 13.1 Å². The van der Waals surface area contributed by atoms with E-state index in [1.54, 1.807) is 12.1 Å². The number of carbonyl (C=O) groups is 3. The Kier molecular flexibility index (Phi) is 6.00. The van der Waals surface area contributed by atoms with Crippen molar-refractivity contribution in [2.45, 2.75) is 44.5 Å². The SMILES string of the molecule is N#Cc1ccc2cc(CN3CC[C@H](Oc4ccc5c(c4F)CN(C4CCC(=O)NC4=O)C5=O)C3)ccc2n1. The van der Waals surface area contributed by atoms with E-state index >= 15 is 4.39 Å². The van der Waals surface area contributed by atoms with Gasteiger partial charge in [0.15, 0.2) is 11.6 Å². The van der Waals surface area contributed by atoms with Gasteiger partial charge < -0.3 is 9.64 Å². The molecule has 3 amide bonds. The van der Waals surface area contributed by atoms with Gasteiger partial charge in [-0.05, 0) is 54.8 Å². The molecule has 3 aromatic rings. The number of rotatable bonds is 5. The molecule has 6 rings (SSSR count). The van der Waals surface area contributed by atoms with Gasteiger partial charge in [-0.25, -0.2) is 9.37 Å². The van der Waals surface area contributed by atoms with Gasteiger partial charge in [-0.3, -0.25) is 24.6 Å². The van der Waals surface area contributed by atoms with Crippen molar-refractivity contribution in [1.29, 1.82) is 5.26 Å². The van der Waals surface area contributed by atoms with Crippen LogP contribution in [-0.2, 0) is 22.7 Å². The van der Waals surface area contributed by atoms with Crippen LogP contribution < -0.4 is 10.1 Å². The third-order valence-corrected chi connectivity index (χ3v) is 7.41. The van der Waals surface area contributed by atoms with E-state index in [1.807, 2.05) is 18.2 Å². The minimum atomic E-state index is -0.793. The molecule has 2 aromatic carbocycles. The second kappa shape index (κ2) is 9.50. The zero-order chi connectivity index (χ0) is 26.4. The molecule has 2 atom stereocenters. The highest BCUT2D eigenvalue weighted by molar-refractivity contribution is 6.05. The van der Waals surface area contributed by atoms with E-state index in [1.165, 1.54) is 11.0 Å². The largest absolute Gasteiger partial charge is 0.486 e. The number of benzene rings is 2. The van der Waals surface area contributed by atoms with Crippen molar-refractivity contribution in [2.24, 2.45) is 0 Å². The molecule has 0 aliphatic carbocycles. The maximum Gasteiger partial charge on any atom is 0.255 e. The van der Waals surface area contributed by atoms with E-state index in [9.17, 15) is 14.4 Å². The molecule has 1 unspecified atom stereocenters. The predicted octanol–water partition coefficient (Wildman–Crippen LogP) is 2.66. The third-order valence-electron chi connectivity index (χ3n) is 7.41. The molecule has 1 N–H and O–H groups in total. The third kappa shape index (κ3) is 4.35. The number of piperidine rings is 1. The van der Waals surface area contributed by atoms with Gasteiger partial charge in [-0.1, -0.05) is 6.07 Å². The van der Waals surface area contributed by atoms with E-state index in [0.717, 1.165) is 29.4 Å². The van der Waals surface area contributed by atoms with E-state index in [4.69, 9.17) is 10.00 Å². The topological polar surface area (TPSA) is 116 Å². The number of nitrogens with one attached hydrogen (secondary N) is 1. The molecular formula is C28H24FN5O4. The Morgan fingerprint density at radius 1 is 1.13 bits per heavy atom. The molecule has 0 saturated carbocycles. The summed E-state index contributed by atoms with van der Waals surface area (Å²) in [4.78, 5) is 44.5. The van der Waals surface area contributed by atoms with Gasteiger partial charge >= 0.3 is 0 Å². The number of hydrogen-bond donors (Lipinski definition) is 1. The van der Waals surface area contributed by atoms with Crippen LogP contribution in [-0.4, -0.2) is 57.7 Å². The summed E-state index contributed by atoms with van der Waals surface area (Å²) < 4.78 is 21.5. The number of halogens is 1. The summed E-state index contributed by atoms with van der Waals surface area (Å²) >= 11 is 0. The van der Waals surface area contributed by atoms with E-state index in [2.05, 4.69) is 27.3 Å². The van der Waals surface area contributed by atoms with Crippen molar-refractivity contribution in [3.8, 4) is 11.8 Å². The van der Waals surface area contributed by atoms with Gasteiger partial charge in [0.2, 0.25) is 11.8 Å². The second-order valence-corrected chi connectivity index (χ2v) is 9.90. The number of nitriles is 1. The normalized spacial score (nSPS) is 21.5. The first-order chi connectivity index (χ1) is 18.4. The fourth-order valence-corrected chi connectivity index (χ4v) is 5.48. The number of amides is 3. The molecule has 10 heteroatoms. The minimum absolute atomic E-state index is 0.0348. The van der Waals surface area contributed by atoms with Gasteiger partial charge in [0.05, 0.1) is 12.1 Å².